The third kappa shape index (κ3) is 67.5. The number of aliphatic hydroxyl groups is 1. The van der Waals surface area contributed by atoms with E-state index in [1.165, 1.54) is 379 Å². The van der Waals surface area contributed by atoms with Crippen LogP contribution in [0.1, 0.15) is 431 Å². The first-order chi connectivity index (χ1) is 36.2. The third-order valence-electron chi connectivity index (χ3n) is 16.8. The van der Waals surface area contributed by atoms with Crippen LogP contribution >= 0.6 is 0 Å². The second-order valence-electron chi connectivity index (χ2n) is 24.4. The smallest absolute Gasteiger partial charge is 0.305 e. The monoisotopic (exact) mass is 1030 g/mol. The van der Waals surface area contributed by atoms with Crippen molar-refractivity contribution < 1.29 is 14.6 Å². The Morgan fingerprint density at radius 3 is 0.630 bits per heavy atom. The molecule has 0 heterocycles. The van der Waals surface area contributed by atoms with Gasteiger partial charge in [0.05, 0.1) is 12.7 Å². The summed E-state index contributed by atoms with van der Waals surface area (Å²) in [6, 6.07) is 0. The van der Waals surface area contributed by atoms with E-state index in [2.05, 4.69) is 13.8 Å². The SMILES string of the molecule is CCCCCCCCCCCCCCCCCCCCCCCCCCCCCCCCCCCCCCCCCCCCCCCCCCCCOC(=O)CCCCCCCCCCC(O)CCCCCC. The molecule has 0 spiro atoms. The highest BCUT2D eigenvalue weighted by Gasteiger charge is 2.06. The molecule has 0 saturated heterocycles. The molecule has 0 rings (SSSR count). The topological polar surface area (TPSA) is 46.5 Å². The molecule has 438 valence electrons. The van der Waals surface area contributed by atoms with Crippen LogP contribution in [0.2, 0.25) is 0 Å². The Labute approximate surface area is 462 Å². The van der Waals surface area contributed by atoms with Crippen molar-refractivity contribution in [3.05, 3.63) is 0 Å². The molecular formula is C70H140O3. The van der Waals surface area contributed by atoms with Gasteiger partial charge in [-0.1, -0.05) is 399 Å². The van der Waals surface area contributed by atoms with Gasteiger partial charge in [-0.15, -0.1) is 0 Å². The Hall–Kier alpha value is -0.570. The quantitative estimate of drug-likeness (QED) is 0.0488. The van der Waals surface area contributed by atoms with E-state index < -0.39 is 0 Å². The van der Waals surface area contributed by atoms with Crippen molar-refractivity contribution in [3.63, 3.8) is 0 Å². The second kappa shape index (κ2) is 67.5. The van der Waals surface area contributed by atoms with Crippen LogP contribution in [0.15, 0.2) is 0 Å². The van der Waals surface area contributed by atoms with Crippen molar-refractivity contribution in [1.29, 1.82) is 0 Å². The van der Waals surface area contributed by atoms with Gasteiger partial charge in [0.25, 0.3) is 0 Å². The summed E-state index contributed by atoms with van der Waals surface area (Å²) < 4.78 is 5.50. The molecule has 0 aromatic carbocycles. The molecule has 1 N–H and O–H groups in total. The predicted molar refractivity (Wildman–Crippen MR) is 328 cm³/mol. The van der Waals surface area contributed by atoms with Gasteiger partial charge in [0, 0.05) is 6.42 Å². The van der Waals surface area contributed by atoms with Crippen molar-refractivity contribution in [3.8, 4) is 0 Å². The summed E-state index contributed by atoms with van der Waals surface area (Å²) in [4.78, 5) is 12.1. The van der Waals surface area contributed by atoms with E-state index in [0.717, 1.165) is 32.1 Å². The number of ether oxygens (including phenoxy) is 1. The van der Waals surface area contributed by atoms with Crippen LogP contribution < -0.4 is 0 Å². The highest BCUT2D eigenvalue weighted by Crippen LogP contribution is 2.20. The largest absolute Gasteiger partial charge is 0.466 e. The van der Waals surface area contributed by atoms with Gasteiger partial charge >= 0.3 is 5.97 Å². The van der Waals surface area contributed by atoms with Crippen LogP contribution in [0, 0.1) is 0 Å². The third-order valence-corrected chi connectivity index (χ3v) is 16.8. The molecule has 73 heavy (non-hydrogen) atoms. The van der Waals surface area contributed by atoms with Gasteiger partial charge in [0.15, 0.2) is 0 Å². The molecule has 1 atom stereocenters. The van der Waals surface area contributed by atoms with Gasteiger partial charge < -0.3 is 9.84 Å². The molecule has 0 aromatic rings. The van der Waals surface area contributed by atoms with Crippen LogP contribution in [-0.4, -0.2) is 23.8 Å². The molecular weight excluding hydrogens is 889 g/mol. The lowest BCUT2D eigenvalue weighted by Crippen LogP contribution is -2.06. The van der Waals surface area contributed by atoms with Crippen molar-refractivity contribution in [2.75, 3.05) is 6.61 Å². The minimum absolute atomic E-state index is 0.0100. The summed E-state index contributed by atoms with van der Waals surface area (Å²) in [5.74, 6) is 0.0100. The van der Waals surface area contributed by atoms with E-state index in [0.29, 0.717) is 13.0 Å². The van der Waals surface area contributed by atoms with E-state index in [9.17, 15) is 9.90 Å². The molecule has 0 aliphatic carbocycles. The zero-order chi connectivity index (χ0) is 52.5. The lowest BCUT2D eigenvalue weighted by atomic mass is 10.0. The predicted octanol–water partition coefficient (Wildman–Crippen LogP) is 25.3. The average Bonchev–Trinajstić information content (AvgIpc) is 3.39. The molecule has 0 fully saturated rings. The molecule has 0 radical (unpaired) electrons. The fourth-order valence-electron chi connectivity index (χ4n) is 11.6. The number of rotatable bonds is 67. The Bertz CT molecular complexity index is 964. The minimum atomic E-state index is -0.0804. The maximum atomic E-state index is 12.1. The van der Waals surface area contributed by atoms with Crippen LogP contribution in [0.3, 0.4) is 0 Å². The lowest BCUT2D eigenvalue weighted by molar-refractivity contribution is -0.143. The number of unbranched alkanes of at least 4 members (excludes halogenated alkanes) is 59. The molecule has 0 bridgehead atoms. The molecule has 0 amide bonds. The standard InChI is InChI=1S/C70H140O3/c1-3-5-7-9-10-11-12-13-14-15-16-17-18-19-20-21-22-23-24-25-26-27-28-29-30-31-32-33-34-35-36-37-38-39-40-41-42-43-44-45-46-47-48-49-50-51-54-57-60-64-68-73-70(72)67-63-59-56-53-52-55-58-62-66-69(71)65-61-8-6-4-2/h69,71H,3-68H2,1-2H3. The lowest BCUT2D eigenvalue weighted by Gasteiger charge is -2.10. The number of carbonyl (C=O) groups excluding carboxylic acids is 1. The van der Waals surface area contributed by atoms with E-state index in [-0.39, 0.29) is 12.1 Å². The van der Waals surface area contributed by atoms with E-state index in [1.807, 2.05) is 0 Å². The Morgan fingerprint density at radius 1 is 0.247 bits per heavy atom. The van der Waals surface area contributed by atoms with E-state index in [1.54, 1.807) is 0 Å². The van der Waals surface area contributed by atoms with Gasteiger partial charge in [-0.3, -0.25) is 4.79 Å². The highest BCUT2D eigenvalue weighted by molar-refractivity contribution is 5.69. The maximum Gasteiger partial charge on any atom is 0.305 e. The molecule has 1 unspecified atom stereocenters. The van der Waals surface area contributed by atoms with Crippen LogP contribution in [0.4, 0.5) is 0 Å². The molecule has 3 nitrogen and oxygen atoms in total. The first kappa shape index (κ1) is 72.4. The first-order valence-corrected chi connectivity index (χ1v) is 35.0. The Kier molecular flexibility index (Phi) is 67.0. The van der Waals surface area contributed by atoms with Crippen molar-refractivity contribution in [2.45, 2.75) is 437 Å². The van der Waals surface area contributed by atoms with Crippen LogP contribution in [0.5, 0.6) is 0 Å². The Morgan fingerprint density at radius 2 is 0.411 bits per heavy atom. The van der Waals surface area contributed by atoms with E-state index in [4.69, 9.17) is 4.74 Å². The summed E-state index contributed by atoms with van der Waals surface area (Å²) in [5.41, 5.74) is 0. The average molecular weight is 1030 g/mol. The number of hydrogen-bond donors (Lipinski definition) is 1. The zero-order valence-corrected chi connectivity index (χ0v) is 51.0. The summed E-state index contributed by atoms with van der Waals surface area (Å²) in [5, 5.41) is 10.1. The fourth-order valence-corrected chi connectivity index (χ4v) is 11.6. The van der Waals surface area contributed by atoms with Crippen LogP contribution in [-0.2, 0) is 9.53 Å². The van der Waals surface area contributed by atoms with Gasteiger partial charge in [0.2, 0.25) is 0 Å². The number of esters is 1. The highest BCUT2D eigenvalue weighted by atomic mass is 16.5. The zero-order valence-electron chi connectivity index (χ0n) is 51.0. The summed E-state index contributed by atoms with van der Waals surface area (Å²) in [6.45, 7) is 5.17. The van der Waals surface area contributed by atoms with Crippen molar-refractivity contribution in [1.82, 2.24) is 0 Å². The summed E-state index contributed by atoms with van der Waals surface area (Å²) in [6.07, 6.45) is 89.6. The minimum Gasteiger partial charge on any atom is -0.466 e. The second-order valence-corrected chi connectivity index (χ2v) is 24.4. The van der Waals surface area contributed by atoms with Gasteiger partial charge in [-0.25, -0.2) is 0 Å². The molecule has 0 aromatic heterocycles. The normalized spacial score (nSPS) is 12.1. The van der Waals surface area contributed by atoms with Gasteiger partial charge in [-0.05, 0) is 25.7 Å². The number of carbonyl (C=O) groups is 1. The van der Waals surface area contributed by atoms with Crippen molar-refractivity contribution >= 4 is 5.97 Å². The number of aliphatic hydroxyl groups excluding tert-OH is 1. The van der Waals surface area contributed by atoms with Gasteiger partial charge in [-0.2, -0.15) is 0 Å². The Balaban J connectivity index is 3.13. The molecule has 0 saturated carbocycles. The summed E-state index contributed by atoms with van der Waals surface area (Å²) >= 11 is 0. The molecule has 3 heteroatoms. The maximum absolute atomic E-state index is 12.1. The first-order valence-electron chi connectivity index (χ1n) is 35.0. The van der Waals surface area contributed by atoms with Gasteiger partial charge in [0.1, 0.15) is 0 Å². The molecule has 0 aliphatic rings. The van der Waals surface area contributed by atoms with Crippen molar-refractivity contribution in [2.24, 2.45) is 0 Å². The molecule has 0 aliphatic heterocycles. The van der Waals surface area contributed by atoms with E-state index >= 15 is 0 Å². The van der Waals surface area contributed by atoms with Crippen LogP contribution in [0.25, 0.3) is 0 Å². The number of hydrogen-bond acceptors (Lipinski definition) is 3. The summed E-state index contributed by atoms with van der Waals surface area (Å²) in [7, 11) is 0. The fraction of sp³-hybridized carbons (Fsp3) is 0.986.